The number of aromatic nitrogens is 3. The van der Waals surface area contributed by atoms with Crippen LogP contribution in [0.4, 0.5) is 5.69 Å². The van der Waals surface area contributed by atoms with Crippen LogP contribution in [0.25, 0.3) is 0 Å². The lowest BCUT2D eigenvalue weighted by atomic mass is 10.2. The first-order chi connectivity index (χ1) is 9.13. The molecule has 1 atom stereocenters. The van der Waals surface area contributed by atoms with Gasteiger partial charge in [-0.1, -0.05) is 0 Å². The second-order valence-corrected chi connectivity index (χ2v) is 4.11. The van der Waals surface area contributed by atoms with Crippen LogP contribution in [0.15, 0.2) is 36.9 Å². The smallest absolute Gasteiger partial charge is 0.251 e. The molecule has 0 spiro atoms. The summed E-state index contributed by atoms with van der Waals surface area (Å²) in [7, 11) is 1.69. The Labute approximate surface area is 110 Å². The van der Waals surface area contributed by atoms with E-state index < -0.39 is 6.04 Å². The Morgan fingerprint density at radius 2 is 2.11 bits per heavy atom. The molecule has 0 N–H and O–H groups in total. The van der Waals surface area contributed by atoms with E-state index in [1.165, 1.54) is 22.2 Å². The summed E-state index contributed by atoms with van der Waals surface area (Å²) in [6, 6.07) is 8.45. The number of nitrogens with zero attached hydrogens (tertiary/aromatic N) is 5. The van der Waals surface area contributed by atoms with Crippen LogP contribution >= 0.6 is 0 Å². The van der Waals surface area contributed by atoms with Crippen molar-refractivity contribution >= 4 is 11.6 Å². The molecule has 0 radical (unpaired) electrons. The summed E-state index contributed by atoms with van der Waals surface area (Å²) in [6.07, 6.45) is 2.90. The summed E-state index contributed by atoms with van der Waals surface area (Å²) < 4.78 is 1.50. The summed E-state index contributed by atoms with van der Waals surface area (Å²) in [4.78, 5) is 17.6. The minimum atomic E-state index is -0.428. The van der Waals surface area contributed by atoms with Gasteiger partial charge in [0.15, 0.2) is 0 Å². The molecule has 0 saturated carbocycles. The van der Waals surface area contributed by atoms with E-state index in [0.29, 0.717) is 5.56 Å². The Balaban J connectivity index is 2.16. The average Bonchev–Trinajstić information content (AvgIpc) is 2.99. The van der Waals surface area contributed by atoms with Crippen molar-refractivity contribution in [3.05, 3.63) is 42.5 Å². The van der Waals surface area contributed by atoms with Crippen LogP contribution in [-0.2, 0) is 4.79 Å². The van der Waals surface area contributed by atoms with Gasteiger partial charge < -0.3 is 4.90 Å². The third-order valence-corrected chi connectivity index (χ3v) is 2.91. The van der Waals surface area contributed by atoms with Gasteiger partial charge in [0.25, 0.3) is 5.91 Å². The zero-order valence-electron chi connectivity index (χ0n) is 10.7. The van der Waals surface area contributed by atoms with Gasteiger partial charge >= 0.3 is 0 Å². The van der Waals surface area contributed by atoms with E-state index in [-0.39, 0.29) is 5.91 Å². The fraction of sp³-hybridized carbons (Fsp3) is 0.231. The minimum Gasteiger partial charge on any atom is -0.314 e. The number of hydrogen-bond donors (Lipinski definition) is 0. The van der Waals surface area contributed by atoms with Crippen molar-refractivity contribution in [1.82, 2.24) is 14.8 Å². The molecule has 0 bridgehead atoms. The van der Waals surface area contributed by atoms with E-state index in [1.807, 2.05) is 6.07 Å². The fourth-order valence-corrected chi connectivity index (χ4v) is 1.70. The molecule has 96 valence electrons. The maximum atomic E-state index is 12.3. The van der Waals surface area contributed by atoms with E-state index in [9.17, 15) is 4.79 Å². The Bertz CT molecular complexity index is 597. The summed E-state index contributed by atoms with van der Waals surface area (Å²) in [5, 5.41) is 12.7. The van der Waals surface area contributed by atoms with Gasteiger partial charge in [-0.15, -0.1) is 0 Å². The van der Waals surface area contributed by atoms with E-state index in [2.05, 4.69) is 10.1 Å². The van der Waals surface area contributed by atoms with Gasteiger partial charge in [0.2, 0.25) is 0 Å². The topological polar surface area (TPSA) is 74.8 Å². The molecule has 2 aromatic rings. The lowest BCUT2D eigenvalue weighted by Crippen LogP contribution is -2.33. The number of carbonyl (C=O) groups excluding carboxylic acids is 1. The van der Waals surface area contributed by atoms with E-state index in [4.69, 9.17) is 5.26 Å². The van der Waals surface area contributed by atoms with Crippen molar-refractivity contribution in [2.45, 2.75) is 13.0 Å². The Morgan fingerprint density at radius 3 is 2.63 bits per heavy atom. The van der Waals surface area contributed by atoms with Crippen LogP contribution in [-0.4, -0.2) is 27.7 Å². The Hall–Kier alpha value is -2.68. The highest BCUT2D eigenvalue weighted by atomic mass is 16.2. The molecule has 19 heavy (non-hydrogen) atoms. The Kier molecular flexibility index (Phi) is 3.57. The van der Waals surface area contributed by atoms with Gasteiger partial charge in [0.05, 0.1) is 11.6 Å². The molecule has 6 nitrogen and oxygen atoms in total. The average molecular weight is 255 g/mol. The first-order valence-electron chi connectivity index (χ1n) is 5.75. The highest BCUT2D eigenvalue weighted by Gasteiger charge is 2.20. The van der Waals surface area contributed by atoms with Crippen LogP contribution in [0, 0.1) is 11.3 Å². The van der Waals surface area contributed by atoms with Crippen LogP contribution in [0.1, 0.15) is 18.5 Å². The van der Waals surface area contributed by atoms with Gasteiger partial charge in [-0.05, 0) is 31.2 Å². The van der Waals surface area contributed by atoms with Crippen molar-refractivity contribution in [3.8, 4) is 6.07 Å². The van der Waals surface area contributed by atoms with Crippen molar-refractivity contribution in [3.63, 3.8) is 0 Å². The monoisotopic (exact) mass is 255 g/mol. The molecule has 1 heterocycles. The number of rotatable bonds is 3. The lowest BCUT2D eigenvalue weighted by molar-refractivity contribution is -0.121. The van der Waals surface area contributed by atoms with Crippen LogP contribution in [0.2, 0.25) is 0 Å². The number of anilines is 1. The van der Waals surface area contributed by atoms with Crippen LogP contribution in [0.5, 0.6) is 0 Å². The van der Waals surface area contributed by atoms with E-state index >= 15 is 0 Å². The molecular weight excluding hydrogens is 242 g/mol. The molecule has 0 aliphatic heterocycles. The largest absolute Gasteiger partial charge is 0.314 e. The minimum absolute atomic E-state index is 0.102. The van der Waals surface area contributed by atoms with Crippen molar-refractivity contribution in [2.75, 3.05) is 11.9 Å². The molecule has 1 unspecified atom stereocenters. The number of amides is 1. The SMILES string of the molecule is CC(C(=O)N(C)c1ccc(C#N)cc1)n1cncn1. The van der Waals surface area contributed by atoms with Gasteiger partial charge in [0, 0.05) is 12.7 Å². The number of likely N-dealkylation sites (N-methyl/N-ethyl adjacent to an activating group) is 1. The highest BCUT2D eigenvalue weighted by Crippen LogP contribution is 2.17. The van der Waals surface area contributed by atoms with Gasteiger partial charge in [-0.3, -0.25) is 4.79 Å². The molecule has 0 fully saturated rings. The number of benzene rings is 1. The Morgan fingerprint density at radius 1 is 1.42 bits per heavy atom. The normalized spacial score (nSPS) is 11.6. The molecule has 1 amide bonds. The zero-order valence-corrected chi connectivity index (χ0v) is 10.7. The lowest BCUT2D eigenvalue weighted by Gasteiger charge is -2.21. The first-order valence-corrected chi connectivity index (χ1v) is 5.75. The van der Waals surface area contributed by atoms with Gasteiger partial charge in [-0.25, -0.2) is 9.67 Å². The number of nitriles is 1. The summed E-state index contributed by atoms with van der Waals surface area (Å²) in [5.74, 6) is -0.102. The van der Waals surface area contributed by atoms with Crippen LogP contribution < -0.4 is 4.90 Å². The van der Waals surface area contributed by atoms with Crippen molar-refractivity contribution in [1.29, 1.82) is 5.26 Å². The van der Waals surface area contributed by atoms with E-state index in [0.717, 1.165) is 5.69 Å². The van der Waals surface area contributed by atoms with Crippen LogP contribution in [0.3, 0.4) is 0 Å². The molecule has 6 heteroatoms. The second kappa shape index (κ2) is 5.31. The summed E-state index contributed by atoms with van der Waals surface area (Å²) in [5.41, 5.74) is 1.30. The maximum absolute atomic E-state index is 12.3. The number of hydrogen-bond acceptors (Lipinski definition) is 4. The van der Waals surface area contributed by atoms with Crippen molar-refractivity contribution < 1.29 is 4.79 Å². The second-order valence-electron chi connectivity index (χ2n) is 4.11. The third kappa shape index (κ3) is 2.60. The molecule has 0 aliphatic rings. The molecule has 0 saturated heterocycles. The maximum Gasteiger partial charge on any atom is 0.251 e. The summed E-state index contributed by atoms with van der Waals surface area (Å²) >= 11 is 0. The van der Waals surface area contributed by atoms with Gasteiger partial charge in [0.1, 0.15) is 18.7 Å². The fourth-order valence-electron chi connectivity index (χ4n) is 1.70. The quantitative estimate of drug-likeness (QED) is 0.830. The molecule has 1 aromatic heterocycles. The molecule has 0 aliphatic carbocycles. The predicted molar refractivity (Wildman–Crippen MR) is 69.3 cm³/mol. The molecule has 1 aromatic carbocycles. The molecular formula is C13H13N5O. The number of carbonyl (C=O) groups is 1. The third-order valence-electron chi connectivity index (χ3n) is 2.91. The highest BCUT2D eigenvalue weighted by molar-refractivity contribution is 5.95. The zero-order chi connectivity index (χ0) is 13.8. The van der Waals surface area contributed by atoms with E-state index in [1.54, 1.807) is 38.2 Å². The first kappa shape index (κ1) is 12.8. The molecule has 2 rings (SSSR count). The summed E-state index contributed by atoms with van der Waals surface area (Å²) in [6.45, 7) is 1.76. The standard InChI is InChI=1S/C13H13N5O/c1-10(18-9-15-8-16-18)13(19)17(2)12-5-3-11(7-14)4-6-12/h3-6,8-10H,1-2H3. The van der Waals surface area contributed by atoms with Gasteiger partial charge in [-0.2, -0.15) is 10.4 Å². The predicted octanol–water partition coefficient (Wildman–Crippen LogP) is 1.37. The van der Waals surface area contributed by atoms with Crippen molar-refractivity contribution in [2.24, 2.45) is 0 Å².